The van der Waals surface area contributed by atoms with Crippen LogP contribution in [0.5, 0.6) is 0 Å². The van der Waals surface area contributed by atoms with Gasteiger partial charge in [-0.05, 0) is 0 Å². The van der Waals surface area contributed by atoms with E-state index in [0.717, 1.165) is 0 Å². The summed E-state index contributed by atoms with van der Waals surface area (Å²) in [5.74, 6) is -0.119. The number of Topliss-reactive ketones (excluding diaryl/α,β-unsaturated/α-hetero) is 2. The molecule has 1 aromatic carbocycles. The minimum absolute atomic E-state index is 0.00644. The second-order valence-corrected chi connectivity index (χ2v) is 4.64. The molecule has 2 nitrogen and oxygen atoms in total. The third kappa shape index (κ3) is 3.31. The van der Waals surface area contributed by atoms with Gasteiger partial charge in [-0.25, -0.2) is 0 Å². The van der Waals surface area contributed by atoms with Crippen molar-refractivity contribution in [2.75, 3.05) is 0 Å². The van der Waals surface area contributed by atoms with Crippen molar-refractivity contribution in [1.82, 2.24) is 0 Å². The first-order valence-corrected chi connectivity index (χ1v) is 5.03. The van der Waals surface area contributed by atoms with Crippen LogP contribution in [-0.2, 0) is 4.79 Å². The van der Waals surface area contributed by atoms with Gasteiger partial charge in [0.25, 0.3) is 0 Å². The van der Waals surface area contributed by atoms with E-state index in [-0.39, 0.29) is 18.0 Å². The lowest BCUT2D eigenvalue weighted by Crippen LogP contribution is -2.23. The molecule has 0 radical (unpaired) electrons. The number of ketones is 2. The second-order valence-electron chi connectivity index (χ2n) is 4.64. The first-order valence-electron chi connectivity index (χ1n) is 5.03. The van der Waals surface area contributed by atoms with Gasteiger partial charge in [-0.1, -0.05) is 51.1 Å². The highest BCUT2D eigenvalue weighted by atomic mass is 16.1. The molecule has 15 heavy (non-hydrogen) atoms. The van der Waals surface area contributed by atoms with Crippen molar-refractivity contribution in [3.63, 3.8) is 0 Å². The predicted molar refractivity (Wildman–Crippen MR) is 59.9 cm³/mol. The number of carbonyl (C=O) groups is 2. The van der Waals surface area contributed by atoms with E-state index in [1.165, 1.54) is 0 Å². The zero-order chi connectivity index (χ0) is 11.5. The molecule has 1 aromatic rings. The molecule has 1 rings (SSSR count). The first-order chi connectivity index (χ1) is 6.91. The maximum atomic E-state index is 11.7. The Hall–Kier alpha value is -1.44. The van der Waals surface area contributed by atoms with Gasteiger partial charge in [0, 0.05) is 11.0 Å². The summed E-state index contributed by atoms with van der Waals surface area (Å²) in [6, 6.07) is 8.92. The van der Waals surface area contributed by atoms with Crippen molar-refractivity contribution in [3.8, 4) is 0 Å². The average molecular weight is 204 g/mol. The van der Waals surface area contributed by atoms with Crippen LogP contribution in [0.2, 0.25) is 0 Å². The fraction of sp³-hybridized carbons (Fsp3) is 0.385. The number of rotatable bonds is 3. The molecule has 80 valence electrons. The van der Waals surface area contributed by atoms with E-state index in [1.54, 1.807) is 24.3 Å². The van der Waals surface area contributed by atoms with Crippen LogP contribution in [0.15, 0.2) is 30.3 Å². The largest absolute Gasteiger partial charge is 0.299 e. The van der Waals surface area contributed by atoms with Crippen LogP contribution in [-0.4, -0.2) is 11.6 Å². The van der Waals surface area contributed by atoms with Crippen LogP contribution in [0.25, 0.3) is 0 Å². The van der Waals surface area contributed by atoms with Gasteiger partial charge in [0.1, 0.15) is 5.78 Å². The molecular formula is C13H16O2. The molecule has 0 aliphatic rings. The molecule has 0 aliphatic heterocycles. The van der Waals surface area contributed by atoms with E-state index >= 15 is 0 Å². The summed E-state index contributed by atoms with van der Waals surface area (Å²) in [6.45, 7) is 5.48. The molecule has 0 saturated heterocycles. The third-order valence-corrected chi connectivity index (χ3v) is 2.25. The van der Waals surface area contributed by atoms with E-state index in [1.807, 2.05) is 26.8 Å². The van der Waals surface area contributed by atoms with Gasteiger partial charge < -0.3 is 0 Å². The normalized spacial score (nSPS) is 11.1. The Morgan fingerprint density at radius 3 is 2.07 bits per heavy atom. The summed E-state index contributed by atoms with van der Waals surface area (Å²) in [5, 5.41) is 0. The molecular weight excluding hydrogens is 188 g/mol. The van der Waals surface area contributed by atoms with Crippen LogP contribution in [0.4, 0.5) is 0 Å². The number of carbonyl (C=O) groups excluding carboxylic acids is 2. The first kappa shape index (κ1) is 11.6. The molecule has 0 N–H and O–H groups in total. The standard InChI is InChI=1S/C13H16O2/c1-13(2,3)12(15)9-11(14)10-7-5-4-6-8-10/h4-8H,9H2,1-3H3. The van der Waals surface area contributed by atoms with Crippen LogP contribution in [0.3, 0.4) is 0 Å². The Kier molecular flexibility index (Phi) is 3.40. The minimum Gasteiger partial charge on any atom is -0.299 e. The molecule has 0 heterocycles. The summed E-state index contributed by atoms with van der Waals surface area (Å²) >= 11 is 0. The van der Waals surface area contributed by atoms with Gasteiger partial charge in [-0.2, -0.15) is 0 Å². The monoisotopic (exact) mass is 204 g/mol. The Morgan fingerprint density at radius 1 is 1.07 bits per heavy atom. The number of hydrogen-bond donors (Lipinski definition) is 0. The molecule has 2 heteroatoms. The molecule has 0 aromatic heterocycles. The Labute approximate surface area is 90.3 Å². The molecule has 0 saturated carbocycles. The Morgan fingerprint density at radius 2 is 1.60 bits per heavy atom. The summed E-state index contributed by atoms with van der Waals surface area (Å²) in [5.41, 5.74) is 0.167. The number of benzene rings is 1. The summed E-state index contributed by atoms with van der Waals surface area (Å²) in [6.07, 6.45) is -0.00644. The van der Waals surface area contributed by atoms with Gasteiger partial charge in [-0.3, -0.25) is 9.59 Å². The lowest BCUT2D eigenvalue weighted by Gasteiger charge is -2.15. The molecule has 0 atom stereocenters. The van der Waals surface area contributed by atoms with Crippen LogP contribution >= 0.6 is 0 Å². The Balaban J connectivity index is 2.70. The molecule has 0 aliphatic carbocycles. The molecule has 0 fully saturated rings. The second kappa shape index (κ2) is 4.39. The highest BCUT2D eigenvalue weighted by Crippen LogP contribution is 2.18. The van der Waals surface area contributed by atoms with Gasteiger partial charge in [0.2, 0.25) is 0 Å². The highest BCUT2D eigenvalue weighted by Gasteiger charge is 2.23. The van der Waals surface area contributed by atoms with E-state index in [4.69, 9.17) is 0 Å². The zero-order valence-corrected chi connectivity index (χ0v) is 9.41. The SMILES string of the molecule is CC(C)(C)C(=O)CC(=O)c1ccccc1. The van der Waals surface area contributed by atoms with E-state index < -0.39 is 5.41 Å². The topological polar surface area (TPSA) is 34.1 Å². The highest BCUT2D eigenvalue weighted by molar-refractivity contribution is 6.09. The van der Waals surface area contributed by atoms with Crippen molar-refractivity contribution in [1.29, 1.82) is 0 Å². The van der Waals surface area contributed by atoms with Crippen molar-refractivity contribution < 1.29 is 9.59 Å². The third-order valence-electron chi connectivity index (χ3n) is 2.25. The fourth-order valence-corrected chi connectivity index (χ4v) is 1.14. The Bertz CT molecular complexity index is 358. The van der Waals surface area contributed by atoms with E-state index in [2.05, 4.69) is 0 Å². The lowest BCUT2D eigenvalue weighted by molar-refractivity contribution is -0.125. The molecule has 0 spiro atoms. The van der Waals surface area contributed by atoms with Crippen molar-refractivity contribution in [3.05, 3.63) is 35.9 Å². The maximum absolute atomic E-state index is 11.7. The predicted octanol–water partition coefficient (Wildman–Crippen LogP) is 2.87. The fourth-order valence-electron chi connectivity index (χ4n) is 1.14. The van der Waals surface area contributed by atoms with Crippen LogP contribution in [0, 0.1) is 5.41 Å². The lowest BCUT2D eigenvalue weighted by atomic mass is 9.87. The quantitative estimate of drug-likeness (QED) is 0.560. The van der Waals surface area contributed by atoms with Gasteiger partial charge >= 0.3 is 0 Å². The maximum Gasteiger partial charge on any atom is 0.170 e. The van der Waals surface area contributed by atoms with E-state index in [0.29, 0.717) is 5.56 Å². The number of hydrogen-bond acceptors (Lipinski definition) is 2. The van der Waals surface area contributed by atoms with E-state index in [9.17, 15) is 9.59 Å². The average Bonchev–Trinajstić information content (AvgIpc) is 2.17. The summed E-state index contributed by atoms with van der Waals surface area (Å²) < 4.78 is 0. The van der Waals surface area contributed by atoms with Crippen LogP contribution < -0.4 is 0 Å². The van der Waals surface area contributed by atoms with Crippen molar-refractivity contribution in [2.45, 2.75) is 27.2 Å². The summed E-state index contributed by atoms with van der Waals surface area (Å²) in [4.78, 5) is 23.3. The zero-order valence-electron chi connectivity index (χ0n) is 9.41. The molecule has 0 bridgehead atoms. The molecule has 0 unspecified atom stereocenters. The minimum atomic E-state index is -0.440. The van der Waals surface area contributed by atoms with Gasteiger partial charge in [0.15, 0.2) is 5.78 Å². The van der Waals surface area contributed by atoms with Crippen molar-refractivity contribution in [2.24, 2.45) is 5.41 Å². The molecule has 0 amide bonds. The van der Waals surface area contributed by atoms with Crippen LogP contribution in [0.1, 0.15) is 37.6 Å². The smallest absolute Gasteiger partial charge is 0.170 e. The van der Waals surface area contributed by atoms with Crippen molar-refractivity contribution >= 4 is 11.6 Å². The van der Waals surface area contributed by atoms with Gasteiger partial charge in [-0.15, -0.1) is 0 Å². The summed E-state index contributed by atoms with van der Waals surface area (Å²) in [7, 11) is 0. The van der Waals surface area contributed by atoms with Gasteiger partial charge in [0.05, 0.1) is 6.42 Å².